The number of halogens is 2. The Balaban J connectivity index is 1.91. The van der Waals surface area contributed by atoms with Crippen molar-refractivity contribution in [2.45, 2.75) is 11.8 Å². The van der Waals surface area contributed by atoms with Gasteiger partial charge in [0.25, 0.3) is 0 Å². The second-order valence-corrected chi connectivity index (χ2v) is 8.26. The van der Waals surface area contributed by atoms with Crippen molar-refractivity contribution in [1.29, 1.82) is 0 Å². The Hall–Kier alpha value is -1.22. The summed E-state index contributed by atoms with van der Waals surface area (Å²) in [5.41, 5.74) is 0.0538. The topological polar surface area (TPSA) is 78.5 Å². The number of carbonyl (C=O) groups is 1. The average molecular weight is 362 g/mol. The largest absolute Gasteiger partial charge is 0.325 e. The van der Waals surface area contributed by atoms with Crippen molar-refractivity contribution in [1.82, 2.24) is 9.62 Å². The normalized spacial score (nSPS) is 24.7. The number of nitrogens with one attached hydrogen (secondary N) is 2. The van der Waals surface area contributed by atoms with Crippen molar-refractivity contribution >= 4 is 33.2 Å². The zero-order valence-electron chi connectivity index (χ0n) is 12.5. The van der Waals surface area contributed by atoms with E-state index in [9.17, 15) is 17.6 Å². The van der Waals surface area contributed by atoms with Crippen LogP contribution in [-0.2, 0) is 14.8 Å². The van der Waals surface area contributed by atoms with Gasteiger partial charge in [-0.1, -0.05) is 11.6 Å². The number of fused-ring (bicyclic) bond motifs is 1. The van der Waals surface area contributed by atoms with E-state index in [1.165, 1.54) is 11.2 Å². The minimum atomic E-state index is -3.95. The van der Waals surface area contributed by atoms with E-state index in [0.29, 0.717) is 13.1 Å². The Labute approximate surface area is 139 Å². The van der Waals surface area contributed by atoms with Crippen molar-refractivity contribution in [3.05, 3.63) is 23.0 Å². The lowest BCUT2D eigenvalue weighted by Gasteiger charge is -2.18. The number of hydrogen-bond acceptors (Lipinski definition) is 4. The van der Waals surface area contributed by atoms with Crippen LogP contribution >= 0.6 is 11.6 Å². The fraction of sp³-hybridized carbons (Fsp3) is 0.500. The lowest BCUT2D eigenvalue weighted by atomic mass is 10.0. The first-order chi connectivity index (χ1) is 10.8. The Morgan fingerprint density at radius 2 is 1.96 bits per heavy atom. The van der Waals surface area contributed by atoms with Crippen LogP contribution in [0.4, 0.5) is 10.1 Å². The van der Waals surface area contributed by atoms with Gasteiger partial charge in [0.05, 0.1) is 10.7 Å². The van der Waals surface area contributed by atoms with Gasteiger partial charge in [0.2, 0.25) is 15.9 Å². The van der Waals surface area contributed by atoms with Crippen LogP contribution < -0.4 is 10.6 Å². The Kier molecular flexibility index (Phi) is 4.35. The number of anilines is 1. The van der Waals surface area contributed by atoms with Crippen LogP contribution in [-0.4, -0.2) is 44.8 Å². The molecule has 0 aromatic heterocycles. The van der Waals surface area contributed by atoms with E-state index in [4.69, 9.17) is 11.6 Å². The van der Waals surface area contributed by atoms with Crippen molar-refractivity contribution in [3.8, 4) is 0 Å². The van der Waals surface area contributed by atoms with Crippen LogP contribution in [0.3, 0.4) is 0 Å². The molecule has 0 unspecified atom stereocenters. The number of amides is 1. The molecule has 2 atom stereocenters. The van der Waals surface area contributed by atoms with Gasteiger partial charge in [-0.05, 0) is 31.0 Å². The predicted molar refractivity (Wildman–Crippen MR) is 84.3 cm³/mol. The van der Waals surface area contributed by atoms with Gasteiger partial charge >= 0.3 is 0 Å². The molecule has 2 saturated heterocycles. The fourth-order valence-corrected chi connectivity index (χ4v) is 5.06. The van der Waals surface area contributed by atoms with Crippen LogP contribution in [0.5, 0.6) is 0 Å². The summed E-state index contributed by atoms with van der Waals surface area (Å²) in [7, 11) is -3.95. The molecule has 0 radical (unpaired) electrons. The second-order valence-electron chi connectivity index (χ2n) is 5.94. The van der Waals surface area contributed by atoms with E-state index in [1.54, 1.807) is 0 Å². The quantitative estimate of drug-likeness (QED) is 0.850. The smallest absolute Gasteiger partial charge is 0.246 e. The monoisotopic (exact) mass is 361 g/mol. The van der Waals surface area contributed by atoms with Gasteiger partial charge < -0.3 is 10.6 Å². The van der Waals surface area contributed by atoms with Crippen molar-refractivity contribution in [2.24, 2.45) is 11.8 Å². The third-order valence-corrected chi connectivity index (χ3v) is 6.47. The highest BCUT2D eigenvalue weighted by Crippen LogP contribution is 2.34. The van der Waals surface area contributed by atoms with Crippen LogP contribution in [0.25, 0.3) is 0 Å². The highest BCUT2D eigenvalue weighted by atomic mass is 35.5. The molecule has 9 heteroatoms. The molecular weight excluding hydrogens is 345 g/mol. The number of benzene rings is 1. The van der Waals surface area contributed by atoms with Gasteiger partial charge in [-0.3, -0.25) is 4.79 Å². The maximum atomic E-state index is 14.3. The van der Waals surface area contributed by atoms with Gasteiger partial charge in [0.15, 0.2) is 0 Å². The first-order valence-corrected chi connectivity index (χ1v) is 9.08. The summed E-state index contributed by atoms with van der Waals surface area (Å²) in [6, 6.07) is 2.00. The summed E-state index contributed by atoms with van der Waals surface area (Å²) < 4.78 is 41.0. The molecule has 23 heavy (non-hydrogen) atoms. The van der Waals surface area contributed by atoms with E-state index in [-0.39, 0.29) is 22.5 Å². The van der Waals surface area contributed by atoms with Gasteiger partial charge in [0, 0.05) is 26.1 Å². The summed E-state index contributed by atoms with van der Waals surface area (Å²) in [5, 5.41) is 5.58. The first-order valence-electron chi connectivity index (χ1n) is 7.26. The average Bonchev–Trinajstić information content (AvgIpc) is 3.02. The lowest BCUT2D eigenvalue weighted by molar-refractivity contribution is -0.114. The molecular formula is C14H17ClFN3O3S. The first kappa shape index (κ1) is 16.6. The van der Waals surface area contributed by atoms with Crippen LogP contribution in [0, 0.1) is 17.7 Å². The van der Waals surface area contributed by atoms with Crippen LogP contribution in [0.1, 0.15) is 6.92 Å². The molecule has 2 aliphatic heterocycles. The number of sulfonamides is 1. The summed E-state index contributed by atoms with van der Waals surface area (Å²) in [4.78, 5) is 10.6. The molecule has 3 rings (SSSR count). The SMILES string of the molecule is CC(=O)Nc1cc(F)c(S(=O)(=O)N2C[C@H]3CNC[C@H]3C2)cc1Cl. The zero-order valence-corrected chi connectivity index (χ0v) is 14.0. The van der Waals surface area contributed by atoms with Crippen molar-refractivity contribution in [2.75, 3.05) is 31.5 Å². The minimum absolute atomic E-state index is 0.0127. The predicted octanol–water partition coefficient (Wildman–Crippen LogP) is 1.28. The molecule has 2 aliphatic rings. The highest BCUT2D eigenvalue weighted by molar-refractivity contribution is 7.89. The van der Waals surface area contributed by atoms with Crippen LogP contribution in [0.15, 0.2) is 17.0 Å². The third kappa shape index (κ3) is 3.08. The van der Waals surface area contributed by atoms with E-state index in [1.807, 2.05) is 0 Å². The van der Waals surface area contributed by atoms with E-state index < -0.39 is 26.6 Å². The van der Waals surface area contributed by atoms with Gasteiger partial charge in [0.1, 0.15) is 10.7 Å². The summed E-state index contributed by atoms with van der Waals surface area (Å²) in [5.74, 6) is -0.806. The number of hydrogen-bond donors (Lipinski definition) is 2. The van der Waals surface area contributed by atoms with E-state index in [2.05, 4.69) is 10.6 Å². The Morgan fingerprint density at radius 1 is 1.35 bits per heavy atom. The fourth-order valence-electron chi connectivity index (χ4n) is 3.16. The molecule has 0 aliphatic carbocycles. The molecule has 0 saturated carbocycles. The molecule has 2 N–H and O–H groups in total. The molecule has 1 aromatic carbocycles. The second kappa shape index (κ2) is 6.01. The maximum Gasteiger partial charge on any atom is 0.246 e. The molecule has 0 bridgehead atoms. The maximum absolute atomic E-state index is 14.3. The number of rotatable bonds is 3. The number of carbonyl (C=O) groups excluding carboxylic acids is 1. The van der Waals surface area contributed by atoms with Gasteiger partial charge in [-0.2, -0.15) is 4.31 Å². The highest BCUT2D eigenvalue weighted by Gasteiger charge is 2.42. The molecule has 126 valence electrons. The van der Waals surface area contributed by atoms with E-state index >= 15 is 0 Å². The molecule has 0 spiro atoms. The van der Waals surface area contributed by atoms with Crippen molar-refractivity contribution < 1.29 is 17.6 Å². The van der Waals surface area contributed by atoms with Crippen molar-refractivity contribution in [3.63, 3.8) is 0 Å². The van der Waals surface area contributed by atoms with Gasteiger partial charge in [-0.25, -0.2) is 12.8 Å². The Morgan fingerprint density at radius 3 is 2.52 bits per heavy atom. The Bertz CT molecular complexity index is 744. The van der Waals surface area contributed by atoms with E-state index in [0.717, 1.165) is 25.2 Å². The molecule has 1 aromatic rings. The lowest BCUT2D eigenvalue weighted by Crippen LogP contribution is -2.32. The summed E-state index contributed by atoms with van der Waals surface area (Å²) in [6.07, 6.45) is 0. The molecule has 2 heterocycles. The summed E-state index contributed by atoms with van der Waals surface area (Å²) in [6.45, 7) is 3.58. The van der Waals surface area contributed by atoms with Crippen LogP contribution in [0.2, 0.25) is 5.02 Å². The molecule has 2 fully saturated rings. The minimum Gasteiger partial charge on any atom is -0.325 e. The third-order valence-electron chi connectivity index (χ3n) is 4.31. The molecule has 1 amide bonds. The zero-order chi connectivity index (χ0) is 16.8. The van der Waals surface area contributed by atoms with Gasteiger partial charge in [-0.15, -0.1) is 0 Å². The number of nitrogens with zero attached hydrogens (tertiary/aromatic N) is 1. The summed E-state index contributed by atoms with van der Waals surface area (Å²) >= 11 is 5.98. The standard InChI is InChI=1S/C14H17ClFN3O3S/c1-8(20)18-13-3-12(16)14(2-11(13)15)23(21,22)19-6-9-4-17-5-10(9)7-19/h2-3,9-10,17H,4-7H2,1H3,(H,18,20)/t9-,10+. The molecule has 6 nitrogen and oxygen atoms in total.